The molecule has 0 amide bonds. The molecule has 6 rings (SSSR count). The molecular formula is C28H18ClNS. The number of thiophene rings is 1. The average Bonchev–Trinajstić information content (AvgIpc) is 3.18. The van der Waals surface area contributed by atoms with E-state index in [1.54, 1.807) is 11.3 Å². The van der Waals surface area contributed by atoms with Crippen LogP contribution >= 0.6 is 22.9 Å². The second kappa shape index (κ2) is 7.42. The molecule has 0 bridgehead atoms. The van der Waals surface area contributed by atoms with Crippen molar-refractivity contribution in [2.75, 3.05) is 4.90 Å². The fourth-order valence-corrected chi connectivity index (χ4v) is 5.81. The lowest BCUT2D eigenvalue weighted by Gasteiger charge is -2.25. The highest BCUT2D eigenvalue weighted by Gasteiger charge is 2.16. The van der Waals surface area contributed by atoms with Crippen molar-refractivity contribution < 1.29 is 0 Å². The second-order valence-electron chi connectivity index (χ2n) is 7.57. The van der Waals surface area contributed by atoms with Gasteiger partial charge in [0.25, 0.3) is 0 Å². The van der Waals surface area contributed by atoms with Crippen molar-refractivity contribution in [3.05, 3.63) is 114 Å². The molecule has 5 aromatic carbocycles. The monoisotopic (exact) mass is 435 g/mol. The molecule has 0 saturated carbocycles. The molecule has 0 spiro atoms. The molecule has 0 fully saturated rings. The third-order valence-corrected chi connectivity index (χ3v) is 7.13. The molecule has 3 heteroatoms. The van der Waals surface area contributed by atoms with E-state index in [-0.39, 0.29) is 0 Å². The Morgan fingerprint density at radius 3 is 1.81 bits per heavy atom. The van der Waals surface area contributed by atoms with E-state index in [0.717, 1.165) is 27.5 Å². The first-order valence-electron chi connectivity index (χ1n) is 10.2. The summed E-state index contributed by atoms with van der Waals surface area (Å²) in [7, 11) is 0. The minimum Gasteiger partial charge on any atom is -0.310 e. The standard InChI is InChI=1S/C28H18ClNS/c29-25-18-27-28(23-14-8-7-13-22(23)25)24-17-21(15-16-26(24)31-27)30(19-9-3-1-4-10-19)20-11-5-2-6-12-20/h1-18H. The van der Waals surface area contributed by atoms with Crippen molar-refractivity contribution in [3.8, 4) is 0 Å². The van der Waals surface area contributed by atoms with Crippen molar-refractivity contribution in [1.29, 1.82) is 0 Å². The topological polar surface area (TPSA) is 3.24 Å². The van der Waals surface area contributed by atoms with Crippen LogP contribution in [0.1, 0.15) is 0 Å². The zero-order valence-electron chi connectivity index (χ0n) is 16.6. The van der Waals surface area contributed by atoms with Crippen LogP contribution in [0.15, 0.2) is 109 Å². The van der Waals surface area contributed by atoms with Crippen LogP contribution in [0.3, 0.4) is 0 Å². The summed E-state index contributed by atoms with van der Waals surface area (Å²) in [4.78, 5) is 2.31. The Kier molecular flexibility index (Phi) is 4.41. The summed E-state index contributed by atoms with van der Waals surface area (Å²) >= 11 is 8.40. The largest absolute Gasteiger partial charge is 0.310 e. The van der Waals surface area contributed by atoms with Crippen molar-refractivity contribution in [2.45, 2.75) is 0 Å². The van der Waals surface area contributed by atoms with E-state index in [2.05, 4.69) is 108 Å². The molecule has 148 valence electrons. The number of para-hydroxylation sites is 2. The lowest BCUT2D eigenvalue weighted by atomic mass is 10.0. The molecule has 0 N–H and O–H groups in total. The van der Waals surface area contributed by atoms with Crippen molar-refractivity contribution >= 4 is 70.9 Å². The number of rotatable bonds is 3. The SMILES string of the molecule is Clc1cc2sc3ccc(N(c4ccccc4)c4ccccc4)cc3c2c2ccccc12. The zero-order valence-corrected chi connectivity index (χ0v) is 18.2. The number of nitrogens with zero attached hydrogens (tertiary/aromatic N) is 1. The number of fused-ring (bicyclic) bond motifs is 5. The van der Waals surface area contributed by atoms with E-state index < -0.39 is 0 Å². The van der Waals surface area contributed by atoms with Gasteiger partial charge in [0.1, 0.15) is 0 Å². The van der Waals surface area contributed by atoms with Crippen LogP contribution < -0.4 is 4.90 Å². The second-order valence-corrected chi connectivity index (χ2v) is 9.06. The number of hydrogen-bond donors (Lipinski definition) is 0. The Morgan fingerprint density at radius 1 is 0.516 bits per heavy atom. The van der Waals surface area contributed by atoms with Gasteiger partial charge in [-0.2, -0.15) is 0 Å². The molecule has 0 aliphatic carbocycles. The van der Waals surface area contributed by atoms with Gasteiger partial charge in [-0.1, -0.05) is 72.3 Å². The van der Waals surface area contributed by atoms with E-state index in [9.17, 15) is 0 Å². The summed E-state index contributed by atoms with van der Waals surface area (Å²) in [5.74, 6) is 0. The Morgan fingerprint density at radius 2 is 1.13 bits per heavy atom. The van der Waals surface area contributed by atoms with Gasteiger partial charge in [0.2, 0.25) is 0 Å². The predicted octanol–water partition coefficient (Wildman–Crippen LogP) is 9.33. The lowest BCUT2D eigenvalue weighted by molar-refractivity contribution is 1.29. The average molecular weight is 436 g/mol. The number of anilines is 3. The van der Waals surface area contributed by atoms with Gasteiger partial charge in [0.05, 0.1) is 0 Å². The summed E-state index contributed by atoms with van der Waals surface area (Å²) in [5, 5.41) is 5.67. The third-order valence-electron chi connectivity index (χ3n) is 5.70. The van der Waals surface area contributed by atoms with Crippen LogP contribution in [0.2, 0.25) is 5.02 Å². The maximum absolute atomic E-state index is 6.60. The van der Waals surface area contributed by atoms with Crippen molar-refractivity contribution in [2.24, 2.45) is 0 Å². The normalized spacial score (nSPS) is 11.4. The Hall–Kier alpha value is -3.33. The minimum atomic E-state index is 0.810. The van der Waals surface area contributed by atoms with Gasteiger partial charge in [-0.3, -0.25) is 0 Å². The molecule has 1 nitrogen and oxygen atoms in total. The van der Waals surface area contributed by atoms with Gasteiger partial charge < -0.3 is 4.90 Å². The van der Waals surface area contributed by atoms with Crippen LogP contribution in [0.25, 0.3) is 30.9 Å². The van der Waals surface area contributed by atoms with E-state index >= 15 is 0 Å². The van der Waals surface area contributed by atoms with E-state index in [0.29, 0.717) is 0 Å². The first-order valence-corrected chi connectivity index (χ1v) is 11.4. The van der Waals surface area contributed by atoms with Crippen LogP contribution in [0.4, 0.5) is 17.1 Å². The molecule has 0 radical (unpaired) electrons. The number of halogens is 1. The van der Waals surface area contributed by atoms with E-state index in [4.69, 9.17) is 11.6 Å². The summed E-state index contributed by atoms with van der Waals surface area (Å²) in [6.45, 7) is 0. The van der Waals surface area contributed by atoms with Crippen LogP contribution in [-0.2, 0) is 0 Å². The third kappa shape index (κ3) is 3.07. The maximum atomic E-state index is 6.60. The molecule has 0 aliphatic rings. The van der Waals surface area contributed by atoms with Crippen LogP contribution in [-0.4, -0.2) is 0 Å². The first kappa shape index (κ1) is 18.4. The quantitative estimate of drug-likeness (QED) is 0.267. The van der Waals surface area contributed by atoms with Crippen molar-refractivity contribution in [1.82, 2.24) is 0 Å². The summed E-state index contributed by atoms with van der Waals surface area (Å²) in [6.07, 6.45) is 0. The molecule has 0 atom stereocenters. The van der Waals surface area contributed by atoms with E-state index in [1.807, 2.05) is 6.07 Å². The molecule has 6 aromatic rings. The summed E-state index contributed by atoms with van der Waals surface area (Å²) < 4.78 is 2.49. The maximum Gasteiger partial charge on any atom is 0.0498 e. The van der Waals surface area contributed by atoms with Gasteiger partial charge in [-0.25, -0.2) is 0 Å². The van der Waals surface area contributed by atoms with Gasteiger partial charge >= 0.3 is 0 Å². The Bertz CT molecular complexity index is 1500. The molecule has 1 heterocycles. The molecule has 0 unspecified atom stereocenters. The predicted molar refractivity (Wildman–Crippen MR) is 137 cm³/mol. The van der Waals surface area contributed by atoms with Gasteiger partial charge in [0, 0.05) is 47.6 Å². The highest BCUT2D eigenvalue weighted by molar-refractivity contribution is 7.26. The zero-order chi connectivity index (χ0) is 20.8. The Labute approximate surface area is 189 Å². The van der Waals surface area contributed by atoms with Crippen LogP contribution in [0, 0.1) is 0 Å². The molecule has 0 aliphatic heterocycles. The highest BCUT2D eigenvalue weighted by Crippen LogP contribution is 2.44. The minimum absolute atomic E-state index is 0.810. The summed E-state index contributed by atoms with van der Waals surface area (Å²) in [6, 6.07) is 38.3. The van der Waals surface area contributed by atoms with E-state index in [1.165, 1.54) is 25.6 Å². The lowest BCUT2D eigenvalue weighted by Crippen LogP contribution is -2.09. The van der Waals surface area contributed by atoms with Crippen LogP contribution in [0.5, 0.6) is 0 Å². The van der Waals surface area contributed by atoms with Gasteiger partial charge in [-0.05, 0) is 53.9 Å². The molecular weight excluding hydrogens is 418 g/mol. The molecule has 31 heavy (non-hydrogen) atoms. The fourth-order valence-electron chi connectivity index (χ4n) is 4.33. The molecule has 1 aromatic heterocycles. The van der Waals surface area contributed by atoms with Crippen molar-refractivity contribution in [3.63, 3.8) is 0 Å². The number of hydrogen-bond acceptors (Lipinski definition) is 2. The van der Waals surface area contributed by atoms with Gasteiger partial charge in [-0.15, -0.1) is 11.3 Å². The smallest absolute Gasteiger partial charge is 0.0498 e. The number of benzene rings is 5. The van der Waals surface area contributed by atoms with Gasteiger partial charge in [0.15, 0.2) is 0 Å². The first-order chi connectivity index (χ1) is 15.3. The Balaban J connectivity index is 1.65. The summed E-state index contributed by atoms with van der Waals surface area (Å²) in [5.41, 5.74) is 3.42. The molecule has 0 saturated heterocycles. The highest BCUT2D eigenvalue weighted by atomic mass is 35.5. The fraction of sp³-hybridized carbons (Fsp3) is 0.